The van der Waals surface area contributed by atoms with Crippen LogP contribution in [0.25, 0.3) is 21.8 Å². The molecule has 0 bridgehead atoms. The molecule has 0 N–H and O–H groups in total. The molecule has 0 amide bonds. The average molecular weight is 408 g/mol. The molecule has 1 aromatic heterocycles. The third-order valence-corrected chi connectivity index (χ3v) is 4.71. The lowest BCUT2D eigenvalue weighted by Crippen LogP contribution is -2.11. The number of benzene rings is 2. The van der Waals surface area contributed by atoms with Crippen molar-refractivity contribution < 1.29 is 26.3 Å². The number of hydrogen-bond acceptors (Lipinski definition) is 2. The summed E-state index contributed by atoms with van der Waals surface area (Å²) in [6, 6.07) is 8.07. The van der Waals surface area contributed by atoms with Gasteiger partial charge in [0, 0.05) is 21.5 Å². The van der Waals surface area contributed by atoms with Gasteiger partial charge < -0.3 is 0 Å². The number of halogens is 7. The van der Waals surface area contributed by atoms with Crippen LogP contribution in [-0.2, 0) is 12.4 Å². The summed E-state index contributed by atoms with van der Waals surface area (Å²) in [4.78, 5) is 4.16. The summed E-state index contributed by atoms with van der Waals surface area (Å²) in [6.45, 7) is 0. The minimum absolute atomic E-state index is 0.0384. The number of alkyl halides is 6. The fourth-order valence-electron chi connectivity index (χ4n) is 2.28. The Balaban J connectivity index is 2.11. The molecule has 26 heavy (non-hydrogen) atoms. The molecule has 2 aromatic carbocycles. The van der Waals surface area contributed by atoms with Crippen LogP contribution in [0.1, 0.15) is 11.1 Å². The van der Waals surface area contributed by atoms with Crippen LogP contribution in [0, 0.1) is 0 Å². The van der Waals surface area contributed by atoms with Gasteiger partial charge in [-0.05, 0) is 24.3 Å². The van der Waals surface area contributed by atoms with Crippen molar-refractivity contribution in [3.63, 3.8) is 0 Å². The normalized spacial score (nSPS) is 12.4. The summed E-state index contributed by atoms with van der Waals surface area (Å²) in [6.07, 6.45) is -9.81. The second-order valence-corrected chi connectivity index (χ2v) is 6.58. The highest BCUT2D eigenvalue weighted by molar-refractivity contribution is 7.13. The second-order valence-electron chi connectivity index (χ2n) is 5.31. The van der Waals surface area contributed by atoms with E-state index in [0.29, 0.717) is 28.4 Å². The van der Waals surface area contributed by atoms with Gasteiger partial charge in [-0.15, -0.1) is 11.3 Å². The molecule has 0 saturated carbocycles. The Kier molecular flexibility index (Phi) is 4.74. The van der Waals surface area contributed by atoms with E-state index in [2.05, 4.69) is 4.98 Å². The number of nitrogens with zero attached hydrogens (tertiary/aromatic N) is 1. The van der Waals surface area contributed by atoms with E-state index in [1.54, 1.807) is 24.3 Å². The van der Waals surface area contributed by atoms with Crippen molar-refractivity contribution in [3.8, 4) is 21.8 Å². The minimum Gasteiger partial charge on any atom is -0.236 e. The molecule has 0 atom stereocenters. The fourth-order valence-corrected chi connectivity index (χ4v) is 3.32. The maximum Gasteiger partial charge on any atom is 0.416 e. The van der Waals surface area contributed by atoms with Crippen molar-refractivity contribution in [2.75, 3.05) is 0 Å². The van der Waals surface area contributed by atoms with E-state index < -0.39 is 23.5 Å². The van der Waals surface area contributed by atoms with Crippen molar-refractivity contribution in [1.29, 1.82) is 0 Å². The molecule has 0 unspecified atom stereocenters. The smallest absolute Gasteiger partial charge is 0.236 e. The topological polar surface area (TPSA) is 12.9 Å². The first-order valence-electron chi connectivity index (χ1n) is 7.06. The van der Waals surface area contributed by atoms with Crippen molar-refractivity contribution in [1.82, 2.24) is 4.98 Å². The standard InChI is InChI=1S/C17H8ClF6NS/c18-13-4-2-1-3-12(13)14-8-26-15(25-14)9-5-10(16(19,20)21)7-11(6-9)17(22,23)24/h1-8H. The molecule has 0 fully saturated rings. The van der Waals surface area contributed by atoms with E-state index in [4.69, 9.17) is 11.6 Å². The monoisotopic (exact) mass is 407 g/mol. The van der Waals surface area contributed by atoms with Gasteiger partial charge in [0.05, 0.1) is 16.8 Å². The lowest BCUT2D eigenvalue weighted by atomic mass is 10.0. The van der Waals surface area contributed by atoms with Crippen molar-refractivity contribution in [2.45, 2.75) is 12.4 Å². The zero-order valence-electron chi connectivity index (χ0n) is 12.6. The van der Waals surface area contributed by atoms with Gasteiger partial charge in [-0.2, -0.15) is 26.3 Å². The minimum atomic E-state index is -4.90. The van der Waals surface area contributed by atoms with Crippen LogP contribution in [0.5, 0.6) is 0 Å². The summed E-state index contributed by atoms with van der Waals surface area (Å²) < 4.78 is 77.8. The van der Waals surface area contributed by atoms with Crippen molar-refractivity contribution in [3.05, 3.63) is 64.0 Å². The quantitative estimate of drug-likeness (QED) is 0.410. The van der Waals surface area contributed by atoms with Gasteiger partial charge in [0.25, 0.3) is 0 Å². The molecule has 0 spiro atoms. The predicted octanol–water partition coefficient (Wildman–Crippen LogP) is 7.17. The lowest BCUT2D eigenvalue weighted by Gasteiger charge is -2.13. The van der Waals surface area contributed by atoms with E-state index in [-0.39, 0.29) is 16.6 Å². The molecule has 1 nitrogen and oxygen atoms in total. The first kappa shape index (κ1) is 18.7. The number of thiazole rings is 1. The average Bonchev–Trinajstić information content (AvgIpc) is 3.03. The summed E-state index contributed by atoms with van der Waals surface area (Å²) in [7, 11) is 0. The van der Waals surface area contributed by atoms with E-state index in [9.17, 15) is 26.3 Å². The Morgan fingerprint density at radius 3 is 1.96 bits per heavy atom. The Labute approximate surface area is 152 Å². The SMILES string of the molecule is FC(F)(F)c1cc(-c2nc(-c3ccccc3Cl)cs2)cc(C(F)(F)F)c1. The molecule has 0 aliphatic heterocycles. The Morgan fingerprint density at radius 2 is 1.42 bits per heavy atom. The summed E-state index contributed by atoms with van der Waals surface area (Å²) in [5.74, 6) is 0. The summed E-state index contributed by atoms with van der Waals surface area (Å²) in [5, 5.41) is 1.95. The van der Waals surface area contributed by atoms with Crippen LogP contribution >= 0.6 is 22.9 Å². The summed E-state index contributed by atoms with van der Waals surface area (Å²) in [5.41, 5.74) is -2.09. The first-order valence-corrected chi connectivity index (χ1v) is 8.32. The predicted molar refractivity (Wildman–Crippen MR) is 88.0 cm³/mol. The third-order valence-electron chi connectivity index (χ3n) is 3.49. The maximum atomic E-state index is 13.0. The second kappa shape index (κ2) is 6.59. The largest absolute Gasteiger partial charge is 0.416 e. The molecular formula is C17H8ClF6NS. The van der Waals surface area contributed by atoms with Crippen LogP contribution in [0.3, 0.4) is 0 Å². The highest BCUT2D eigenvalue weighted by atomic mass is 35.5. The van der Waals surface area contributed by atoms with E-state index in [1.807, 2.05) is 0 Å². The molecule has 1 heterocycles. The van der Waals surface area contributed by atoms with Gasteiger partial charge in [0.1, 0.15) is 5.01 Å². The van der Waals surface area contributed by atoms with Crippen LogP contribution in [0.15, 0.2) is 47.8 Å². The van der Waals surface area contributed by atoms with Gasteiger partial charge in [-0.3, -0.25) is 0 Å². The zero-order chi connectivity index (χ0) is 19.1. The third kappa shape index (κ3) is 3.86. The van der Waals surface area contributed by atoms with E-state index in [1.165, 1.54) is 5.38 Å². The molecule has 0 aliphatic carbocycles. The Morgan fingerprint density at radius 1 is 0.846 bits per heavy atom. The van der Waals surface area contributed by atoms with Crippen molar-refractivity contribution >= 4 is 22.9 Å². The number of rotatable bonds is 2. The van der Waals surface area contributed by atoms with Crippen LogP contribution in [-0.4, -0.2) is 4.98 Å². The Bertz CT molecular complexity index is 913. The maximum absolute atomic E-state index is 13.0. The lowest BCUT2D eigenvalue weighted by molar-refractivity contribution is -0.143. The molecule has 9 heteroatoms. The van der Waals surface area contributed by atoms with Crippen molar-refractivity contribution in [2.24, 2.45) is 0 Å². The zero-order valence-corrected chi connectivity index (χ0v) is 14.2. The molecule has 0 aliphatic rings. The fraction of sp³-hybridized carbons (Fsp3) is 0.118. The number of aromatic nitrogens is 1. The van der Waals surface area contributed by atoms with E-state index in [0.717, 1.165) is 11.3 Å². The molecule has 3 rings (SSSR count). The van der Waals surface area contributed by atoms with E-state index >= 15 is 0 Å². The number of hydrogen-bond donors (Lipinski definition) is 0. The molecular weight excluding hydrogens is 400 g/mol. The molecule has 3 aromatic rings. The summed E-state index contributed by atoms with van der Waals surface area (Å²) >= 11 is 6.99. The van der Waals surface area contributed by atoms with Crippen LogP contribution in [0.4, 0.5) is 26.3 Å². The molecule has 0 radical (unpaired) electrons. The molecule has 136 valence electrons. The highest BCUT2D eigenvalue weighted by Crippen LogP contribution is 2.40. The molecule has 0 saturated heterocycles. The van der Waals surface area contributed by atoms with Crippen LogP contribution < -0.4 is 0 Å². The van der Waals surface area contributed by atoms with Gasteiger partial charge >= 0.3 is 12.4 Å². The van der Waals surface area contributed by atoms with Crippen LogP contribution in [0.2, 0.25) is 5.02 Å². The first-order chi connectivity index (χ1) is 12.1. The Hall–Kier alpha value is -2.06. The highest BCUT2D eigenvalue weighted by Gasteiger charge is 2.37. The van der Waals surface area contributed by atoms with Gasteiger partial charge in [-0.25, -0.2) is 4.98 Å². The van der Waals surface area contributed by atoms with Gasteiger partial charge in [-0.1, -0.05) is 29.8 Å². The van der Waals surface area contributed by atoms with Gasteiger partial charge in [0.2, 0.25) is 0 Å². The van der Waals surface area contributed by atoms with Gasteiger partial charge in [0.15, 0.2) is 0 Å².